The van der Waals surface area contributed by atoms with Crippen molar-refractivity contribution in [1.29, 1.82) is 0 Å². The molecule has 2 heterocycles. The van der Waals surface area contributed by atoms with E-state index in [9.17, 15) is 19.2 Å². The third-order valence-corrected chi connectivity index (χ3v) is 2.77. The van der Waals surface area contributed by atoms with Crippen LogP contribution in [0.4, 0.5) is 0 Å². The number of rotatable bonds is 3. The van der Waals surface area contributed by atoms with Crippen molar-refractivity contribution in [3.63, 3.8) is 0 Å². The van der Waals surface area contributed by atoms with Gasteiger partial charge in [0.2, 0.25) is 5.91 Å². The van der Waals surface area contributed by atoms with E-state index in [2.05, 4.69) is 0 Å². The highest BCUT2D eigenvalue weighted by molar-refractivity contribution is 5.86. The van der Waals surface area contributed by atoms with Crippen molar-refractivity contribution in [2.45, 2.75) is 19.0 Å². The molecule has 2 rings (SSSR count). The van der Waals surface area contributed by atoms with Gasteiger partial charge < -0.3 is 10.6 Å². The van der Waals surface area contributed by atoms with Gasteiger partial charge in [-0.2, -0.15) is 0 Å². The standard InChI is InChI=1S/C10H12N4O4/c11-8(17)9(13-4-1-2-7(13)16)14-5-3-6(15)12-10(14)18/h3,5,9H,1-2,4H2,(H2,11,17)(H,12,15,18). The van der Waals surface area contributed by atoms with E-state index in [0.29, 0.717) is 19.4 Å². The van der Waals surface area contributed by atoms with Gasteiger partial charge in [-0.15, -0.1) is 0 Å². The highest BCUT2D eigenvalue weighted by atomic mass is 16.2. The fraction of sp³-hybridized carbons (Fsp3) is 0.400. The van der Waals surface area contributed by atoms with Crippen molar-refractivity contribution in [2.24, 2.45) is 5.73 Å². The van der Waals surface area contributed by atoms with Crippen LogP contribution in [0.25, 0.3) is 0 Å². The Labute approximate surface area is 101 Å². The van der Waals surface area contributed by atoms with Crippen LogP contribution in [0.3, 0.4) is 0 Å². The first kappa shape index (κ1) is 12.1. The van der Waals surface area contributed by atoms with Crippen LogP contribution in [0.2, 0.25) is 0 Å². The molecule has 96 valence electrons. The summed E-state index contributed by atoms with van der Waals surface area (Å²) in [6.07, 6.45) is 0.898. The van der Waals surface area contributed by atoms with Crippen molar-refractivity contribution in [3.8, 4) is 0 Å². The van der Waals surface area contributed by atoms with Crippen molar-refractivity contribution < 1.29 is 9.59 Å². The second kappa shape index (κ2) is 4.47. The Morgan fingerprint density at radius 2 is 2.11 bits per heavy atom. The maximum absolute atomic E-state index is 11.6. The molecule has 1 unspecified atom stereocenters. The Balaban J connectivity index is 2.48. The van der Waals surface area contributed by atoms with Crippen molar-refractivity contribution in [2.75, 3.05) is 6.54 Å². The molecule has 0 aliphatic carbocycles. The molecule has 0 bridgehead atoms. The Kier molecular flexibility index (Phi) is 3.00. The molecule has 1 aromatic rings. The number of aromatic amines is 1. The number of nitrogens with one attached hydrogen (secondary N) is 1. The zero-order valence-electron chi connectivity index (χ0n) is 9.46. The first-order valence-corrected chi connectivity index (χ1v) is 5.41. The van der Waals surface area contributed by atoms with Crippen LogP contribution in [0.15, 0.2) is 21.9 Å². The molecule has 1 fully saturated rings. The third-order valence-electron chi connectivity index (χ3n) is 2.77. The Bertz CT molecular complexity index is 602. The zero-order chi connectivity index (χ0) is 13.3. The molecule has 8 heteroatoms. The van der Waals surface area contributed by atoms with E-state index in [1.807, 2.05) is 4.98 Å². The lowest BCUT2D eigenvalue weighted by molar-refractivity contribution is -0.139. The van der Waals surface area contributed by atoms with Gasteiger partial charge in [0.05, 0.1) is 0 Å². The van der Waals surface area contributed by atoms with Crippen LogP contribution < -0.4 is 17.0 Å². The number of carbonyl (C=O) groups is 2. The fourth-order valence-electron chi connectivity index (χ4n) is 1.99. The molecule has 0 spiro atoms. The summed E-state index contributed by atoms with van der Waals surface area (Å²) in [7, 11) is 0. The Morgan fingerprint density at radius 3 is 2.61 bits per heavy atom. The summed E-state index contributed by atoms with van der Waals surface area (Å²) in [6.45, 7) is 0.359. The molecule has 1 aliphatic rings. The summed E-state index contributed by atoms with van der Waals surface area (Å²) in [5.41, 5.74) is 3.88. The normalized spacial score (nSPS) is 16.9. The minimum atomic E-state index is -1.19. The molecule has 8 nitrogen and oxygen atoms in total. The highest BCUT2D eigenvalue weighted by Crippen LogP contribution is 2.19. The Morgan fingerprint density at radius 1 is 1.39 bits per heavy atom. The van der Waals surface area contributed by atoms with Gasteiger partial charge in [0.25, 0.3) is 11.5 Å². The molecule has 1 saturated heterocycles. The molecular weight excluding hydrogens is 240 g/mol. The number of hydrogen-bond donors (Lipinski definition) is 2. The molecule has 2 amide bonds. The highest BCUT2D eigenvalue weighted by Gasteiger charge is 2.33. The number of nitrogens with zero attached hydrogens (tertiary/aromatic N) is 2. The quantitative estimate of drug-likeness (QED) is 0.655. The van der Waals surface area contributed by atoms with E-state index in [1.54, 1.807) is 0 Å². The molecule has 1 aliphatic heterocycles. The second-order valence-corrected chi connectivity index (χ2v) is 3.98. The fourth-order valence-corrected chi connectivity index (χ4v) is 1.99. The van der Waals surface area contributed by atoms with Crippen LogP contribution >= 0.6 is 0 Å². The monoisotopic (exact) mass is 252 g/mol. The minimum Gasteiger partial charge on any atom is -0.366 e. The van der Waals surface area contributed by atoms with Gasteiger partial charge in [0, 0.05) is 25.2 Å². The van der Waals surface area contributed by atoms with Gasteiger partial charge >= 0.3 is 5.69 Å². The summed E-state index contributed by atoms with van der Waals surface area (Å²) in [4.78, 5) is 48.9. The smallest absolute Gasteiger partial charge is 0.330 e. The third kappa shape index (κ3) is 2.04. The molecule has 0 aromatic carbocycles. The van der Waals surface area contributed by atoms with E-state index >= 15 is 0 Å². The summed E-state index contributed by atoms with van der Waals surface area (Å²) < 4.78 is 0.951. The average Bonchev–Trinajstić information content (AvgIpc) is 2.68. The number of primary amides is 1. The Hall–Kier alpha value is -2.38. The summed E-state index contributed by atoms with van der Waals surface area (Å²) in [5.74, 6) is -1.06. The summed E-state index contributed by atoms with van der Waals surface area (Å²) in [5, 5.41) is 0. The van der Waals surface area contributed by atoms with Gasteiger partial charge in [0.15, 0.2) is 6.17 Å². The van der Waals surface area contributed by atoms with Gasteiger partial charge in [-0.3, -0.25) is 23.9 Å². The maximum Gasteiger partial charge on any atom is 0.330 e. The van der Waals surface area contributed by atoms with Gasteiger partial charge in [-0.05, 0) is 6.42 Å². The van der Waals surface area contributed by atoms with Gasteiger partial charge in [-0.1, -0.05) is 0 Å². The molecule has 1 aromatic heterocycles. The number of nitrogens with two attached hydrogens (primary N) is 1. The van der Waals surface area contributed by atoms with Gasteiger partial charge in [-0.25, -0.2) is 4.79 Å². The topological polar surface area (TPSA) is 118 Å². The number of H-pyrrole nitrogens is 1. The van der Waals surface area contributed by atoms with Gasteiger partial charge in [0.1, 0.15) is 0 Å². The molecule has 1 atom stereocenters. The SMILES string of the molecule is NC(=O)C(N1CCCC1=O)n1ccc(=O)[nH]c1=O. The molecule has 18 heavy (non-hydrogen) atoms. The van der Waals surface area contributed by atoms with E-state index in [-0.39, 0.29) is 5.91 Å². The van der Waals surface area contributed by atoms with Crippen molar-refractivity contribution in [3.05, 3.63) is 33.1 Å². The van der Waals surface area contributed by atoms with Crippen LogP contribution in [0.1, 0.15) is 19.0 Å². The molecule has 3 N–H and O–H groups in total. The zero-order valence-corrected chi connectivity index (χ0v) is 9.46. The van der Waals surface area contributed by atoms with Crippen molar-refractivity contribution in [1.82, 2.24) is 14.5 Å². The predicted octanol–water partition coefficient (Wildman–Crippen LogP) is -1.86. The second-order valence-electron chi connectivity index (χ2n) is 3.98. The van der Waals surface area contributed by atoms with Crippen LogP contribution in [-0.2, 0) is 9.59 Å². The number of amides is 2. The predicted molar refractivity (Wildman–Crippen MR) is 60.5 cm³/mol. The molecular formula is C10H12N4O4. The summed E-state index contributed by atoms with van der Waals surface area (Å²) >= 11 is 0. The molecule has 0 radical (unpaired) electrons. The van der Waals surface area contributed by atoms with E-state index in [0.717, 1.165) is 16.8 Å². The average molecular weight is 252 g/mol. The lowest BCUT2D eigenvalue weighted by atomic mass is 10.3. The van der Waals surface area contributed by atoms with Crippen LogP contribution in [-0.4, -0.2) is 32.8 Å². The molecule has 0 saturated carbocycles. The lowest BCUT2D eigenvalue weighted by Gasteiger charge is -2.26. The van der Waals surface area contributed by atoms with E-state index in [4.69, 9.17) is 5.73 Å². The maximum atomic E-state index is 11.6. The number of likely N-dealkylation sites (tertiary alicyclic amines) is 1. The van der Waals surface area contributed by atoms with E-state index < -0.39 is 23.3 Å². The van der Waals surface area contributed by atoms with Crippen LogP contribution in [0, 0.1) is 0 Å². The largest absolute Gasteiger partial charge is 0.366 e. The number of aromatic nitrogens is 2. The van der Waals surface area contributed by atoms with Crippen LogP contribution in [0.5, 0.6) is 0 Å². The summed E-state index contributed by atoms with van der Waals surface area (Å²) in [6, 6.07) is 1.10. The number of hydrogen-bond acceptors (Lipinski definition) is 4. The first-order chi connectivity index (χ1) is 8.50. The first-order valence-electron chi connectivity index (χ1n) is 5.41. The van der Waals surface area contributed by atoms with Crippen molar-refractivity contribution >= 4 is 11.8 Å². The van der Waals surface area contributed by atoms with E-state index in [1.165, 1.54) is 4.90 Å². The number of carbonyl (C=O) groups excluding carboxylic acids is 2. The minimum absolute atomic E-state index is 0.239. The lowest BCUT2D eigenvalue weighted by Crippen LogP contribution is -2.47.